The summed E-state index contributed by atoms with van der Waals surface area (Å²) in [7, 11) is 1.68. The Hall–Kier alpha value is -3.07. The van der Waals surface area contributed by atoms with Gasteiger partial charge in [0.15, 0.2) is 18.2 Å². The van der Waals surface area contributed by atoms with Crippen LogP contribution in [0.3, 0.4) is 0 Å². The quantitative estimate of drug-likeness (QED) is 0.679. The van der Waals surface area contributed by atoms with E-state index in [1.54, 1.807) is 19.4 Å². The summed E-state index contributed by atoms with van der Waals surface area (Å²) in [6, 6.07) is 3.63. The third-order valence-electron chi connectivity index (χ3n) is 5.52. The average Bonchev–Trinajstić information content (AvgIpc) is 2.75. The molecule has 1 saturated heterocycles. The Kier molecular flexibility index (Phi) is 6.34. The molecule has 0 aromatic carbocycles. The van der Waals surface area contributed by atoms with Gasteiger partial charge in [-0.05, 0) is 45.7 Å². The van der Waals surface area contributed by atoms with E-state index in [0.717, 1.165) is 36.2 Å². The van der Waals surface area contributed by atoms with Gasteiger partial charge in [-0.1, -0.05) is 11.6 Å². The second-order valence-corrected chi connectivity index (χ2v) is 9.63. The van der Waals surface area contributed by atoms with Crippen LogP contribution in [-0.4, -0.2) is 60.4 Å². The van der Waals surface area contributed by atoms with Gasteiger partial charge in [-0.15, -0.1) is 0 Å². The Labute approximate surface area is 198 Å². The summed E-state index contributed by atoms with van der Waals surface area (Å²) >= 11 is 6.26. The number of pyridine rings is 2. The molecule has 0 bridgehead atoms. The SMILES string of the molecule is CN1C(=O)COc2cc(-c3cnc(Cl)cc3N3CCC[C@H](NC(=O)OC(C)(C)C)C3)cnc21. The van der Waals surface area contributed by atoms with Crippen molar-refractivity contribution in [3.05, 3.63) is 29.7 Å². The van der Waals surface area contributed by atoms with E-state index in [4.69, 9.17) is 21.1 Å². The van der Waals surface area contributed by atoms with Gasteiger partial charge in [-0.3, -0.25) is 9.69 Å². The van der Waals surface area contributed by atoms with E-state index in [1.165, 1.54) is 4.90 Å². The summed E-state index contributed by atoms with van der Waals surface area (Å²) in [5.41, 5.74) is 1.99. The van der Waals surface area contributed by atoms with Crippen molar-refractivity contribution < 1.29 is 19.1 Å². The minimum Gasteiger partial charge on any atom is -0.480 e. The minimum absolute atomic E-state index is 0.0233. The lowest BCUT2D eigenvalue weighted by Crippen LogP contribution is -2.49. The maximum atomic E-state index is 12.3. The third kappa shape index (κ3) is 5.30. The van der Waals surface area contributed by atoms with Crippen molar-refractivity contribution in [1.29, 1.82) is 0 Å². The van der Waals surface area contributed by atoms with Crippen molar-refractivity contribution in [2.75, 3.05) is 36.5 Å². The van der Waals surface area contributed by atoms with Crippen molar-refractivity contribution in [3.63, 3.8) is 0 Å². The van der Waals surface area contributed by atoms with Crippen LogP contribution >= 0.6 is 11.6 Å². The van der Waals surface area contributed by atoms with Crippen molar-refractivity contribution in [2.24, 2.45) is 0 Å². The number of rotatable bonds is 3. The summed E-state index contributed by atoms with van der Waals surface area (Å²) < 4.78 is 11.0. The van der Waals surface area contributed by atoms with Gasteiger partial charge in [-0.2, -0.15) is 0 Å². The fourth-order valence-corrected chi connectivity index (χ4v) is 4.14. The Bertz CT molecular complexity index is 1070. The molecular formula is C23H28ClN5O4. The normalized spacial score (nSPS) is 18.5. The second kappa shape index (κ2) is 9.05. The van der Waals surface area contributed by atoms with Crippen LogP contribution in [0.1, 0.15) is 33.6 Å². The van der Waals surface area contributed by atoms with Gasteiger partial charge in [0.05, 0.1) is 0 Å². The Morgan fingerprint density at radius 2 is 2.06 bits per heavy atom. The van der Waals surface area contributed by atoms with E-state index in [9.17, 15) is 9.59 Å². The van der Waals surface area contributed by atoms with E-state index in [1.807, 2.05) is 32.9 Å². The molecule has 4 heterocycles. The number of halogens is 1. The Morgan fingerprint density at radius 1 is 1.27 bits per heavy atom. The number of alkyl carbamates (subject to hydrolysis) is 1. The molecule has 0 radical (unpaired) electrons. The number of amides is 2. The maximum absolute atomic E-state index is 12.3. The molecule has 2 aromatic rings. The highest BCUT2D eigenvalue weighted by Crippen LogP contribution is 2.38. The predicted octanol–water partition coefficient (Wildman–Crippen LogP) is 3.65. The number of piperidine rings is 1. The summed E-state index contributed by atoms with van der Waals surface area (Å²) in [6.07, 6.45) is 4.75. The number of hydrogen-bond donors (Lipinski definition) is 1. The minimum atomic E-state index is -0.551. The van der Waals surface area contributed by atoms with Crippen LogP contribution in [0.4, 0.5) is 16.3 Å². The summed E-state index contributed by atoms with van der Waals surface area (Å²) in [5, 5.41) is 3.36. The number of nitrogens with one attached hydrogen (secondary N) is 1. The number of aromatic nitrogens is 2. The Morgan fingerprint density at radius 3 is 2.82 bits per heavy atom. The maximum Gasteiger partial charge on any atom is 0.407 e. The molecule has 10 heteroatoms. The first-order valence-corrected chi connectivity index (χ1v) is 11.3. The van der Waals surface area contributed by atoms with Crippen LogP contribution in [0.15, 0.2) is 24.5 Å². The van der Waals surface area contributed by atoms with E-state index >= 15 is 0 Å². The van der Waals surface area contributed by atoms with Crippen molar-refractivity contribution in [3.8, 4) is 16.9 Å². The highest BCUT2D eigenvalue weighted by Gasteiger charge is 2.28. The first kappa shape index (κ1) is 23.1. The van der Waals surface area contributed by atoms with Gasteiger partial charge < -0.3 is 19.7 Å². The van der Waals surface area contributed by atoms with Gasteiger partial charge >= 0.3 is 6.09 Å². The number of carbonyl (C=O) groups excluding carboxylic acids is 2. The molecule has 2 amide bonds. The molecule has 1 N–H and O–H groups in total. The highest BCUT2D eigenvalue weighted by atomic mass is 35.5. The predicted molar refractivity (Wildman–Crippen MR) is 126 cm³/mol. The lowest BCUT2D eigenvalue weighted by Gasteiger charge is -2.36. The van der Waals surface area contributed by atoms with Gasteiger partial charge in [0.1, 0.15) is 10.8 Å². The van der Waals surface area contributed by atoms with E-state index in [0.29, 0.717) is 23.3 Å². The number of hydrogen-bond acceptors (Lipinski definition) is 7. The fourth-order valence-electron chi connectivity index (χ4n) is 3.99. The topological polar surface area (TPSA) is 96.9 Å². The smallest absolute Gasteiger partial charge is 0.407 e. The van der Waals surface area contributed by atoms with Crippen LogP contribution < -0.4 is 19.9 Å². The third-order valence-corrected chi connectivity index (χ3v) is 5.73. The molecule has 0 spiro atoms. The molecule has 2 aliphatic heterocycles. The molecule has 0 saturated carbocycles. The van der Waals surface area contributed by atoms with Crippen LogP contribution in [0.2, 0.25) is 5.15 Å². The lowest BCUT2D eigenvalue weighted by molar-refractivity contribution is -0.121. The number of ether oxygens (including phenoxy) is 2. The second-order valence-electron chi connectivity index (χ2n) is 9.24. The molecule has 0 unspecified atom stereocenters. The summed E-state index contributed by atoms with van der Waals surface area (Å²) in [5.74, 6) is 0.880. The molecule has 2 aromatic heterocycles. The van der Waals surface area contributed by atoms with Crippen LogP contribution in [0, 0.1) is 0 Å². The number of nitrogens with zero attached hydrogens (tertiary/aromatic N) is 4. The first-order chi connectivity index (χ1) is 15.6. The zero-order valence-electron chi connectivity index (χ0n) is 19.2. The molecule has 2 aliphatic rings. The zero-order chi connectivity index (χ0) is 23.8. The van der Waals surface area contributed by atoms with E-state index in [-0.39, 0.29) is 18.6 Å². The van der Waals surface area contributed by atoms with E-state index in [2.05, 4.69) is 20.2 Å². The van der Waals surface area contributed by atoms with Crippen LogP contribution in [0.25, 0.3) is 11.1 Å². The number of anilines is 2. The zero-order valence-corrected chi connectivity index (χ0v) is 20.0. The van der Waals surface area contributed by atoms with Gasteiger partial charge in [0, 0.05) is 55.4 Å². The molecule has 0 aliphatic carbocycles. The largest absolute Gasteiger partial charge is 0.480 e. The molecular weight excluding hydrogens is 446 g/mol. The monoisotopic (exact) mass is 473 g/mol. The summed E-state index contributed by atoms with van der Waals surface area (Å²) in [4.78, 5) is 36.5. The highest BCUT2D eigenvalue weighted by molar-refractivity contribution is 6.29. The van der Waals surface area contributed by atoms with Gasteiger partial charge in [0.25, 0.3) is 5.91 Å². The summed E-state index contributed by atoms with van der Waals surface area (Å²) in [6.45, 7) is 6.92. The number of likely N-dealkylation sites (N-methyl/N-ethyl adjacent to an activating group) is 1. The molecule has 9 nitrogen and oxygen atoms in total. The van der Waals surface area contributed by atoms with Gasteiger partial charge in [0.2, 0.25) is 0 Å². The first-order valence-electron chi connectivity index (χ1n) is 10.9. The Balaban J connectivity index is 1.59. The van der Waals surface area contributed by atoms with Crippen molar-refractivity contribution >= 4 is 35.1 Å². The number of fused-ring (bicyclic) bond motifs is 1. The standard InChI is InChI=1S/C23H28ClN5O4/c1-23(2,3)33-22(31)27-15-6-5-7-29(12-15)17-9-19(24)25-11-16(17)14-8-18-21(26-10-14)28(4)20(30)13-32-18/h8-11,15H,5-7,12-13H2,1-4H3,(H,27,31)/t15-/m0/s1. The molecule has 33 heavy (non-hydrogen) atoms. The average molecular weight is 474 g/mol. The molecule has 4 rings (SSSR count). The van der Waals surface area contributed by atoms with Crippen molar-refractivity contribution in [2.45, 2.75) is 45.3 Å². The van der Waals surface area contributed by atoms with Gasteiger partial charge in [-0.25, -0.2) is 14.8 Å². The lowest BCUT2D eigenvalue weighted by atomic mass is 10.0. The molecule has 176 valence electrons. The van der Waals surface area contributed by atoms with Crippen LogP contribution in [-0.2, 0) is 9.53 Å². The number of carbonyl (C=O) groups is 2. The van der Waals surface area contributed by atoms with Crippen LogP contribution in [0.5, 0.6) is 5.75 Å². The van der Waals surface area contributed by atoms with E-state index < -0.39 is 11.7 Å². The molecule has 1 fully saturated rings. The molecule has 1 atom stereocenters. The fraction of sp³-hybridized carbons (Fsp3) is 0.478. The van der Waals surface area contributed by atoms with Crippen molar-refractivity contribution in [1.82, 2.24) is 15.3 Å².